The van der Waals surface area contributed by atoms with Crippen LogP contribution in [-0.4, -0.2) is 5.11 Å². The normalized spacial score (nSPS) is 13.3. The van der Waals surface area contributed by atoms with Crippen LogP contribution in [0.15, 0.2) is 30.3 Å². The number of benzene rings is 1. The standard InChI is InChI=1S/C20H30O/c1-3-5-7-10-14-18(15-11-8-6-4-2)20(21)19-16-12-9-13-17-19/h9,12-13,16-18,20-21H,3-8,10,14H2,1-2H3. The summed E-state index contributed by atoms with van der Waals surface area (Å²) in [6, 6.07) is 9.95. The Hall–Kier alpha value is -1.26. The molecule has 1 N–H and O–H groups in total. The lowest BCUT2D eigenvalue weighted by atomic mass is 9.91. The molecule has 0 aromatic heterocycles. The Kier molecular flexibility index (Phi) is 9.66. The van der Waals surface area contributed by atoms with Gasteiger partial charge in [-0.25, -0.2) is 0 Å². The molecule has 0 aliphatic carbocycles. The van der Waals surface area contributed by atoms with E-state index in [4.69, 9.17) is 0 Å². The summed E-state index contributed by atoms with van der Waals surface area (Å²) in [6.45, 7) is 4.41. The average molecular weight is 286 g/mol. The van der Waals surface area contributed by atoms with Crippen molar-refractivity contribution in [3.63, 3.8) is 0 Å². The van der Waals surface area contributed by atoms with Gasteiger partial charge in [-0.1, -0.05) is 82.2 Å². The smallest absolute Gasteiger partial charge is 0.0927 e. The fraction of sp³-hybridized carbons (Fsp3) is 0.600. The summed E-state index contributed by atoms with van der Waals surface area (Å²) in [4.78, 5) is 0. The molecule has 0 spiro atoms. The van der Waals surface area contributed by atoms with Crippen molar-refractivity contribution >= 4 is 0 Å². The van der Waals surface area contributed by atoms with Gasteiger partial charge in [0, 0.05) is 6.42 Å². The molecule has 2 atom stereocenters. The van der Waals surface area contributed by atoms with Crippen molar-refractivity contribution in [1.29, 1.82) is 0 Å². The number of aliphatic hydroxyl groups excluding tert-OH is 1. The number of aliphatic hydroxyl groups is 1. The second-order valence-corrected chi connectivity index (χ2v) is 5.74. The zero-order valence-corrected chi connectivity index (χ0v) is 13.6. The number of unbranched alkanes of at least 4 members (excludes halogenated alkanes) is 5. The van der Waals surface area contributed by atoms with Gasteiger partial charge in [-0.3, -0.25) is 0 Å². The molecule has 1 nitrogen and oxygen atoms in total. The highest BCUT2D eigenvalue weighted by Gasteiger charge is 2.18. The quantitative estimate of drug-likeness (QED) is 0.469. The molecule has 0 amide bonds. The first-order valence-electron chi connectivity index (χ1n) is 8.51. The highest BCUT2D eigenvalue weighted by Crippen LogP contribution is 2.26. The predicted octanol–water partition coefficient (Wildman–Crippen LogP) is 5.50. The van der Waals surface area contributed by atoms with E-state index in [1.54, 1.807) is 0 Å². The molecule has 116 valence electrons. The van der Waals surface area contributed by atoms with E-state index in [0.717, 1.165) is 31.2 Å². The van der Waals surface area contributed by atoms with Crippen molar-refractivity contribution in [2.45, 2.75) is 71.3 Å². The number of hydrogen-bond donors (Lipinski definition) is 1. The van der Waals surface area contributed by atoms with E-state index in [2.05, 4.69) is 25.7 Å². The van der Waals surface area contributed by atoms with Crippen molar-refractivity contribution in [3.05, 3.63) is 35.9 Å². The van der Waals surface area contributed by atoms with E-state index in [9.17, 15) is 5.11 Å². The third kappa shape index (κ3) is 7.34. The maximum absolute atomic E-state index is 10.6. The molecule has 0 fully saturated rings. The monoisotopic (exact) mass is 286 g/mol. The summed E-state index contributed by atoms with van der Waals surface area (Å²) in [7, 11) is 0. The average Bonchev–Trinajstić information content (AvgIpc) is 2.53. The summed E-state index contributed by atoms with van der Waals surface area (Å²) >= 11 is 0. The minimum absolute atomic E-state index is 0.0705. The van der Waals surface area contributed by atoms with Gasteiger partial charge in [0.05, 0.1) is 12.0 Å². The zero-order valence-electron chi connectivity index (χ0n) is 13.6. The Balaban J connectivity index is 2.62. The van der Waals surface area contributed by atoms with Crippen LogP contribution in [0.3, 0.4) is 0 Å². The van der Waals surface area contributed by atoms with Crippen LogP contribution in [0, 0.1) is 17.8 Å². The Labute approximate surface area is 130 Å². The van der Waals surface area contributed by atoms with Crippen LogP contribution in [0.5, 0.6) is 0 Å². The molecule has 0 bridgehead atoms. The largest absolute Gasteiger partial charge is 0.387 e. The van der Waals surface area contributed by atoms with E-state index in [0.29, 0.717) is 0 Å². The van der Waals surface area contributed by atoms with Crippen LogP contribution in [0.1, 0.15) is 76.9 Å². The minimum Gasteiger partial charge on any atom is -0.387 e. The van der Waals surface area contributed by atoms with Crippen LogP contribution in [-0.2, 0) is 0 Å². The van der Waals surface area contributed by atoms with Gasteiger partial charge in [0.25, 0.3) is 0 Å². The molecule has 2 unspecified atom stereocenters. The maximum atomic E-state index is 10.6. The van der Waals surface area contributed by atoms with Gasteiger partial charge >= 0.3 is 0 Å². The highest BCUT2D eigenvalue weighted by molar-refractivity contribution is 5.21. The second-order valence-electron chi connectivity index (χ2n) is 5.74. The van der Waals surface area contributed by atoms with E-state index in [-0.39, 0.29) is 5.92 Å². The summed E-state index contributed by atoms with van der Waals surface area (Å²) in [5.41, 5.74) is 0.989. The van der Waals surface area contributed by atoms with E-state index < -0.39 is 6.10 Å². The number of rotatable bonds is 9. The Morgan fingerprint density at radius 2 is 1.67 bits per heavy atom. The molecule has 0 saturated heterocycles. The van der Waals surface area contributed by atoms with Gasteiger partial charge in [-0.05, 0) is 18.4 Å². The van der Waals surface area contributed by atoms with Crippen molar-refractivity contribution in [1.82, 2.24) is 0 Å². The fourth-order valence-corrected chi connectivity index (χ4v) is 2.45. The molecular weight excluding hydrogens is 256 g/mol. The maximum Gasteiger partial charge on any atom is 0.0927 e. The first-order valence-corrected chi connectivity index (χ1v) is 8.51. The first-order chi connectivity index (χ1) is 10.3. The molecule has 0 saturated carbocycles. The lowest BCUT2D eigenvalue weighted by Crippen LogP contribution is -2.11. The van der Waals surface area contributed by atoms with E-state index in [1.165, 1.54) is 25.7 Å². The van der Waals surface area contributed by atoms with Crippen molar-refractivity contribution in [2.75, 3.05) is 0 Å². The van der Waals surface area contributed by atoms with Gasteiger partial charge in [0.2, 0.25) is 0 Å². The second kappa shape index (κ2) is 11.4. The zero-order chi connectivity index (χ0) is 15.3. The Bertz CT molecular complexity index is 412. The lowest BCUT2D eigenvalue weighted by Gasteiger charge is -2.18. The molecule has 0 radical (unpaired) electrons. The van der Waals surface area contributed by atoms with Crippen molar-refractivity contribution in [2.24, 2.45) is 5.92 Å². The molecule has 1 rings (SSSR count). The van der Waals surface area contributed by atoms with Gasteiger partial charge in [0.1, 0.15) is 0 Å². The number of hydrogen-bond acceptors (Lipinski definition) is 1. The molecular formula is C20H30O. The highest BCUT2D eigenvalue weighted by atomic mass is 16.3. The summed E-state index contributed by atoms with van der Waals surface area (Å²) in [6.07, 6.45) is 8.73. The van der Waals surface area contributed by atoms with Crippen LogP contribution < -0.4 is 0 Å². The molecule has 1 aromatic rings. The minimum atomic E-state index is -0.457. The lowest BCUT2D eigenvalue weighted by molar-refractivity contribution is 0.129. The summed E-state index contributed by atoms with van der Waals surface area (Å²) < 4.78 is 0. The molecule has 0 aliphatic heterocycles. The molecule has 21 heavy (non-hydrogen) atoms. The molecule has 0 heterocycles. The Morgan fingerprint density at radius 3 is 2.33 bits per heavy atom. The SMILES string of the molecule is CCCCC#CC(CCCCCC)C(O)c1ccccc1. The molecule has 0 aliphatic rings. The van der Waals surface area contributed by atoms with Crippen LogP contribution in [0.25, 0.3) is 0 Å². The van der Waals surface area contributed by atoms with Gasteiger partial charge in [0.15, 0.2) is 0 Å². The topological polar surface area (TPSA) is 20.2 Å². The van der Waals surface area contributed by atoms with E-state index in [1.807, 2.05) is 30.3 Å². The van der Waals surface area contributed by atoms with Crippen molar-refractivity contribution < 1.29 is 5.11 Å². The summed E-state index contributed by atoms with van der Waals surface area (Å²) in [5.74, 6) is 6.67. The Morgan fingerprint density at radius 1 is 0.952 bits per heavy atom. The van der Waals surface area contributed by atoms with Crippen LogP contribution >= 0.6 is 0 Å². The van der Waals surface area contributed by atoms with Gasteiger partial charge in [-0.2, -0.15) is 0 Å². The van der Waals surface area contributed by atoms with Gasteiger partial charge < -0.3 is 5.11 Å². The first kappa shape index (κ1) is 17.8. The fourth-order valence-electron chi connectivity index (χ4n) is 2.45. The molecule has 1 heteroatoms. The van der Waals surface area contributed by atoms with Crippen LogP contribution in [0.4, 0.5) is 0 Å². The van der Waals surface area contributed by atoms with Crippen LogP contribution in [0.2, 0.25) is 0 Å². The predicted molar refractivity (Wildman–Crippen MR) is 91.0 cm³/mol. The van der Waals surface area contributed by atoms with E-state index >= 15 is 0 Å². The van der Waals surface area contributed by atoms with Crippen molar-refractivity contribution in [3.8, 4) is 11.8 Å². The third-order valence-electron chi connectivity index (χ3n) is 3.83. The third-order valence-corrected chi connectivity index (χ3v) is 3.83. The summed E-state index contributed by atoms with van der Waals surface area (Å²) in [5, 5.41) is 10.6. The van der Waals surface area contributed by atoms with Gasteiger partial charge in [-0.15, -0.1) is 5.92 Å². The molecule has 1 aromatic carbocycles.